The number of urea groups is 1. The van der Waals surface area contributed by atoms with Crippen LogP contribution >= 0.6 is 0 Å². The maximum absolute atomic E-state index is 13.0. The second-order valence-electron chi connectivity index (χ2n) is 9.41. The average Bonchev–Trinajstić information content (AvgIpc) is 2.93. The SMILES string of the molecule is CN1C(=O)NC(=O)[C@]1(C)CC1CCC(n2c(=O)c(C(=N)N)c(O)n(CCCC(F)(F)F)c2=O)CC1. The Bertz CT molecular complexity index is 1150. The first-order chi connectivity index (χ1) is 16.2. The average molecular weight is 502 g/mol. The standard InChI is InChI=1S/C21H29F3N6O5/c1-20(17(33)27-18(34)28(20)2)10-11-4-6-12(7-5-11)30-16(32)13(14(25)26)15(31)29(19(30)35)9-3-8-21(22,23)24/h11-12,31H,3-10H2,1-2H3,(H3,25,26)(H,27,33,34)/t11?,12?,20-/m0/s1. The Balaban J connectivity index is 1.84. The highest BCUT2D eigenvalue weighted by atomic mass is 19.4. The van der Waals surface area contributed by atoms with Gasteiger partial charge in [0.1, 0.15) is 16.9 Å². The summed E-state index contributed by atoms with van der Waals surface area (Å²) in [7, 11) is 1.53. The van der Waals surface area contributed by atoms with Crippen molar-refractivity contribution in [2.24, 2.45) is 11.7 Å². The van der Waals surface area contributed by atoms with Crippen molar-refractivity contribution in [1.29, 1.82) is 5.41 Å². The minimum absolute atomic E-state index is 0.0180. The molecule has 1 atom stereocenters. The number of carbonyl (C=O) groups excluding carboxylic acids is 2. The molecule has 0 radical (unpaired) electrons. The summed E-state index contributed by atoms with van der Waals surface area (Å²) in [6.07, 6.45) is -4.04. The van der Waals surface area contributed by atoms with Crippen molar-refractivity contribution in [2.45, 2.75) is 76.2 Å². The first kappa shape index (κ1) is 26.3. The molecular weight excluding hydrogens is 473 g/mol. The number of likely N-dealkylation sites (N-methyl/N-ethyl adjacent to an activating group) is 1. The van der Waals surface area contributed by atoms with Crippen molar-refractivity contribution in [2.75, 3.05) is 7.05 Å². The molecule has 2 fully saturated rings. The number of rotatable bonds is 7. The van der Waals surface area contributed by atoms with Gasteiger partial charge in [0.15, 0.2) is 0 Å². The predicted molar refractivity (Wildman–Crippen MR) is 118 cm³/mol. The van der Waals surface area contributed by atoms with E-state index in [-0.39, 0.29) is 5.92 Å². The van der Waals surface area contributed by atoms with E-state index in [2.05, 4.69) is 5.32 Å². The second-order valence-corrected chi connectivity index (χ2v) is 9.41. The van der Waals surface area contributed by atoms with Gasteiger partial charge < -0.3 is 15.7 Å². The van der Waals surface area contributed by atoms with E-state index in [9.17, 15) is 37.5 Å². The van der Waals surface area contributed by atoms with Gasteiger partial charge in [-0.3, -0.25) is 29.4 Å². The van der Waals surface area contributed by atoms with Gasteiger partial charge in [0, 0.05) is 26.1 Å². The molecular formula is C21H29F3N6O5. The fraction of sp³-hybridized carbons (Fsp3) is 0.667. The molecule has 35 heavy (non-hydrogen) atoms. The third-order valence-electron chi connectivity index (χ3n) is 7.08. The summed E-state index contributed by atoms with van der Waals surface area (Å²) in [6.45, 7) is 1.16. The summed E-state index contributed by atoms with van der Waals surface area (Å²) >= 11 is 0. The number of imide groups is 1. The van der Waals surface area contributed by atoms with E-state index >= 15 is 0 Å². The molecule has 1 aromatic rings. The fourth-order valence-corrected chi connectivity index (χ4v) is 4.95. The Kier molecular flexibility index (Phi) is 7.04. The van der Waals surface area contributed by atoms with Crippen molar-refractivity contribution in [3.05, 3.63) is 26.4 Å². The number of alkyl halides is 3. The van der Waals surface area contributed by atoms with E-state index in [0.29, 0.717) is 36.7 Å². The zero-order valence-corrected chi connectivity index (χ0v) is 19.4. The van der Waals surface area contributed by atoms with E-state index in [0.717, 1.165) is 4.57 Å². The van der Waals surface area contributed by atoms with Gasteiger partial charge in [0.25, 0.3) is 11.5 Å². The highest BCUT2D eigenvalue weighted by molar-refractivity contribution is 6.06. The van der Waals surface area contributed by atoms with Gasteiger partial charge >= 0.3 is 17.9 Å². The predicted octanol–water partition coefficient (Wildman–Crippen LogP) is 1.40. The van der Waals surface area contributed by atoms with Gasteiger partial charge in [0.05, 0.1) is 0 Å². The molecule has 14 heteroatoms. The van der Waals surface area contributed by atoms with Gasteiger partial charge in [-0.1, -0.05) is 0 Å². The molecule has 1 aliphatic heterocycles. The molecule has 3 amide bonds. The van der Waals surface area contributed by atoms with Crippen molar-refractivity contribution >= 4 is 17.8 Å². The molecule has 2 heterocycles. The van der Waals surface area contributed by atoms with Crippen LogP contribution in [0, 0.1) is 11.3 Å². The third-order valence-corrected chi connectivity index (χ3v) is 7.08. The number of halogens is 3. The largest absolute Gasteiger partial charge is 0.494 e. The van der Waals surface area contributed by atoms with Crippen LogP contribution in [-0.4, -0.2) is 55.7 Å². The summed E-state index contributed by atoms with van der Waals surface area (Å²) in [5.74, 6) is -2.10. The smallest absolute Gasteiger partial charge is 0.389 e. The van der Waals surface area contributed by atoms with Crippen molar-refractivity contribution in [3.8, 4) is 5.88 Å². The molecule has 1 saturated carbocycles. The maximum atomic E-state index is 13.0. The molecule has 3 rings (SSSR count). The fourth-order valence-electron chi connectivity index (χ4n) is 4.95. The molecule has 1 aromatic heterocycles. The Morgan fingerprint density at radius 1 is 1.20 bits per heavy atom. The van der Waals surface area contributed by atoms with Gasteiger partial charge in [0.2, 0.25) is 5.88 Å². The summed E-state index contributed by atoms with van der Waals surface area (Å²) in [5, 5.41) is 20.3. The Morgan fingerprint density at radius 2 is 1.80 bits per heavy atom. The number of aromatic nitrogens is 2. The molecule has 5 N–H and O–H groups in total. The zero-order valence-electron chi connectivity index (χ0n) is 19.4. The Morgan fingerprint density at radius 3 is 2.29 bits per heavy atom. The van der Waals surface area contributed by atoms with Crippen LogP contribution in [0.15, 0.2) is 9.59 Å². The number of nitrogen functional groups attached to an aromatic ring is 1. The van der Waals surface area contributed by atoms with Crippen LogP contribution in [0.5, 0.6) is 5.88 Å². The van der Waals surface area contributed by atoms with Crippen molar-refractivity contribution in [1.82, 2.24) is 19.4 Å². The lowest BCUT2D eigenvalue weighted by atomic mass is 9.78. The van der Waals surface area contributed by atoms with Crippen LogP contribution in [-0.2, 0) is 11.3 Å². The molecule has 0 aromatic carbocycles. The second kappa shape index (κ2) is 9.38. The molecule has 2 aliphatic rings. The molecule has 194 valence electrons. The molecule has 0 unspecified atom stereocenters. The first-order valence-electron chi connectivity index (χ1n) is 11.3. The molecule has 0 bridgehead atoms. The van der Waals surface area contributed by atoms with Gasteiger partial charge in [-0.25, -0.2) is 9.59 Å². The Labute approximate surface area is 198 Å². The first-order valence-corrected chi connectivity index (χ1v) is 11.3. The van der Waals surface area contributed by atoms with Crippen LogP contribution in [0.4, 0.5) is 18.0 Å². The summed E-state index contributed by atoms with van der Waals surface area (Å²) in [6, 6.07) is -1.10. The number of hydrogen-bond acceptors (Lipinski definition) is 6. The summed E-state index contributed by atoms with van der Waals surface area (Å²) < 4.78 is 39.2. The Hall–Kier alpha value is -3.32. The quantitative estimate of drug-likeness (QED) is 0.250. The van der Waals surface area contributed by atoms with Crippen LogP contribution in [0.25, 0.3) is 0 Å². The normalized spacial score (nSPS) is 25.1. The number of carbonyl (C=O) groups is 2. The number of nitrogens with two attached hydrogens (primary N) is 1. The van der Waals surface area contributed by atoms with E-state index < -0.39 is 77.6 Å². The number of nitrogens with zero attached hydrogens (tertiary/aromatic N) is 3. The molecule has 0 spiro atoms. The van der Waals surface area contributed by atoms with E-state index in [1.54, 1.807) is 6.92 Å². The summed E-state index contributed by atoms with van der Waals surface area (Å²) in [5.41, 5.74) is 1.86. The monoisotopic (exact) mass is 502 g/mol. The zero-order chi connectivity index (χ0) is 26.3. The number of hydrogen-bond donors (Lipinski definition) is 4. The van der Waals surface area contributed by atoms with Crippen LogP contribution in [0.1, 0.15) is 63.5 Å². The molecule has 1 saturated heterocycles. The van der Waals surface area contributed by atoms with Crippen LogP contribution < -0.4 is 22.3 Å². The maximum Gasteiger partial charge on any atom is 0.389 e. The van der Waals surface area contributed by atoms with Gasteiger partial charge in [-0.15, -0.1) is 0 Å². The minimum Gasteiger partial charge on any atom is -0.494 e. The van der Waals surface area contributed by atoms with E-state index in [1.807, 2.05) is 0 Å². The molecule has 1 aliphatic carbocycles. The number of amidine groups is 1. The lowest BCUT2D eigenvalue weighted by molar-refractivity contribution is -0.136. The third kappa shape index (κ3) is 5.05. The molecule has 11 nitrogen and oxygen atoms in total. The van der Waals surface area contributed by atoms with Crippen LogP contribution in [0.3, 0.4) is 0 Å². The van der Waals surface area contributed by atoms with E-state index in [4.69, 9.17) is 11.1 Å². The summed E-state index contributed by atoms with van der Waals surface area (Å²) in [4.78, 5) is 51.5. The van der Waals surface area contributed by atoms with Crippen molar-refractivity contribution in [3.63, 3.8) is 0 Å². The topological polar surface area (TPSA) is 164 Å². The minimum atomic E-state index is -4.46. The highest BCUT2D eigenvalue weighted by Crippen LogP contribution is 2.38. The highest BCUT2D eigenvalue weighted by Gasteiger charge is 2.48. The van der Waals surface area contributed by atoms with Crippen LogP contribution in [0.2, 0.25) is 0 Å². The lowest BCUT2D eigenvalue weighted by Crippen LogP contribution is -2.48. The van der Waals surface area contributed by atoms with Gasteiger partial charge in [-0.2, -0.15) is 13.2 Å². The lowest BCUT2D eigenvalue weighted by Gasteiger charge is -2.36. The van der Waals surface area contributed by atoms with Crippen molar-refractivity contribution < 1.29 is 27.9 Å². The van der Waals surface area contributed by atoms with E-state index in [1.165, 1.54) is 11.9 Å². The number of nitrogens with one attached hydrogen (secondary N) is 2. The number of aromatic hydroxyl groups is 1. The van der Waals surface area contributed by atoms with Gasteiger partial charge in [-0.05, 0) is 51.4 Å². The number of amides is 3.